The van der Waals surface area contributed by atoms with Crippen molar-refractivity contribution < 1.29 is 23.0 Å². The average molecular weight is 342 g/mol. The van der Waals surface area contributed by atoms with Gasteiger partial charge in [0, 0.05) is 30.9 Å². The van der Waals surface area contributed by atoms with Crippen LogP contribution in [0.5, 0.6) is 5.88 Å². The van der Waals surface area contributed by atoms with Crippen molar-refractivity contribution in [3.8, 4) is 17.1 Å². The summed E-state index contributed by atoms with van der Waals surface area (Å²) >= 11 is 0. The summed E-state index contributed by atoms with van der Waals surface area (Å²) in [5, 5.41) is 9.78. The lowest BCUT2D eigenvalue weighted by atomic mass is 10.1. The van der Waals surface area contributed by atoms with Crippen LogP contribution in [0.3, 0.4) is 0 Å². The number of morpholine rings is 1. The molecule has 0 aromatic carbocycles. The lowest BCUT2D eigenvalue weighted by Gasteiger charge is -2.27. The van der Waals surface area contributed by atoms with E-state index in [1.165, 1.54) is 0 Å². The summed E-state index contributed by atoms with van der Waals surface area (Å²) in [6, 6.07) is 1.02. The van der Waals surface area contributed by atoms with E-state index in [-0.39, 0.29) is 17.2 Å². The fourth-order valence-corrected chi connectivity index (χ4v) is 2.26. The second-order valence-electron chi connectivity index (χ2n) is 5.00. The van der Waals surface area contributed by atoms with E-state index in [4.69, 9.17) is 10.5 Å². The number of nitrogens with zero attached hydrogens (tertiary/aromatic N) is 5. The lowest BCUT2D eigenvalue weighted by Crippen LogP contribution is -2.37. The number of anilines is 2. The maximum atomic E-state index is 13.2. The molecule has 0 unspecified atom stereocenters. The van der Waals surface area contributed by atoms with Crippen LogP contribution in [0.4, 0.5) is 25.1 Å². The van der Waals surface area contributed by atoms with Gasteiger partial charge in [-0.25, -0.2) is 15.0 Å². The van der Waals surface area contributed by atoms with E-state index in [1.54, 1.807) is 4.90 Å². The normalized spacial score (nSPS) is 15.5. The van der Waals surface area contributed by atoms with Gasteiger partial charge in [-0.05, 0) is 0 Å². The predicted octanol–water partition coefficient (Wildman–Crippen LogP) is 1.08. The van der Waals surface area contributed by atoms with E-state index in [0.717, 1.165) is 12.3 Å². The molecule has 2 aromatic heterocycles. The molecular formula is C13H13F3N6O2. The van der Waals surface area contributed by atoms with E-state index in [9.17, 15) is 18.3 Å². The van der Waals surface area contributed by atoms with Crippen LogP contribution >= 0.6 is 0 Å². The molecule has 0 amide bonds. The molecule has 8 nitrogen and oxygen atoms in total. The zero-order valence-electron chi connectivity index (χ0n) is 12.3. The molecule has 3 rings (SSSR count). The summed E-state index contributed by atoms with van der Waals surface area (Å²) < 4.78 is 44.8. The third-order valence-electron chi connectivity index (χ3n) is 3.35. The molecule has 24 heavy (non-hydrogen) atoms. The number of halogens is 3. The van der Waals surface area contributed by atoms with Crippen molar-refractivity contribution in [2.24, 2.45) is 0 Å². The molecule has 3 heterocycles. The Morgan fingerprint density at radius 2 is 1.88 bits per heavy atom. The molecule has 3 N–H and O–H groups in total. The first-order chi connectivity index (χ1) is 11.3. The van der Waals surface area contributed by atoms with Gasteiger partial charge in [-0.1, -0.05) is 0 Å². The molecule has 0 saturated carbocycles. The van der Waals surface area contributed by atoms with Crippen molar-refractivity contribution in [2.45, 2.75) is 6.18 Å². The van der Waals surface area contributed by atoms with Crippen LogP contribution < -0.4 is 10.6 Å². The standard InChI is InChI=1S/C13H13F3N6O2/c14-13(15,16)10-7(6-18-11(17)21-10)8-5-9(23)20-12(19-8)22-1-3-24-4-2-22/h5-6H,1-4H2,(H2,17,18,21)(H,19,20,23). The van der Waals surface area contributed by atoms with Gasteiger partial charge >= 0.3 is 6.18 Å². The lowest BCUT2D eigenvalue weighted by molar-refractivity contribution is -0.140. The van der Waals surface area contributed by atoms with Crippen LogP contribution in [-0.2, 0) is 10.9 Å². The van der Waals surface area contributed by atoms with E-state index in [1.807, 2.05) is 0 Å². The van der Waals surface area contributed by atoms with Crippen molar-refractivity contribution in [3.63, 3.8) is 0 Å². The third-order valence-corrected chi connectivity index (χ3v) is 3.35. The fourth-order valence-electron chi connectivity index (χ4n) is 2.26. The summed E-state index contributed by atoms with van der Waals surface area (Å²) in [5.74, 6) is -0.845. The number of hydrogen-bond acceptors (Lipinski definition) is 8. The van der Waals surface area contributed by atoms with Crippen molar-refractivity contribution in [2.75, 3.05) is 36.9 Å². The second kappa shape index (κ2) is 6.07. The van der Waals surface area contributed by atoms with Gasteiger partial charge in [0.25, 0.3) is 0 Å². The van der Waals surface area contributed by atoms with Crippen LogP contribution in [0.2, 0.25) is 0 Å². The highest BCUT2D eigenvalue weighted by atomic mass is 19.4. The Balaban J connectivity index is 2.08. The molecule has 1 aliphatic heterocycles. The Hall–Kier alpha value is -2.69. The summed E-state index contributed by atoms with van der Waals surface area (Å²) in [6.45, 7) is 1.81. The van der Waals surface area contributed by atoms with Crippen molar-refractivity contribution in [3.05, 3.63) is 18.0 Å². The Morgan fingerprint density at radius 3 is 2.54 bits per heavy atom. The molecular weight excluding hydrogens is 329 g/mol. The number of ether oxygens (including phenoxy) is 1. The average Bonchev–Trinajstić information content (AvgIpc) is 2.54. The number of hydrogen-bond donors (Lipinski definition) is 2. The predicted molar refractivity (Wildman–Crippen MR) is 77.2 cm³/mol. The minimum absolute atomic E-state index is 0.109. The minimum atomic E-state index is -4.74. The topological polar surface area (TPSA) is 110 Å². The highest BCUT2D eigenvalue weighted by Crippen LogP contribution is 2.36. The zero-order valence-corrected chi connectivity index (χ0v) is 12.3. The van der Waals surface area contributed by atoms with Gasteiger partial charge in [-0.15, -0.1) is 0 Å². The van der Waals surface area contributed by atoms with Crippen molar-refractivity contribution >= 4 is 11.9 Å². The summed E-state index contributed by atoms with van der Waals surface area (Å²) in [5.41, 5.74) is 3.50. The first-order valence-corrected chi connectivity index (χ1v) is 6.95. The van der Waals surface area contributed by atoms with Crippen molar-refractivity contribution in [1.82, 2.24) is 19.9 Å². The summed E-state index contributed by atoms with van der Waals surface area (Å²) in [7, 11) is 0. The van der Waals surface area contributed by atoms with Gasteiger partial charge in [0.1, 0.15) is 0 Å². The molecule has 128 valence electrons. The van der Waals surface area contributed by atoms with Gasteiger partial charge in [0.2, 0.25) is 17.8 Å². The van der Waals surface area contributed by atoms with E-state index in [0.29, 0.717) is 26.3 Å². The third kappa shape index (κ3) is 3.30. The number of nitrogens with two attached hydrogens (primary N) is 1. The van der Waals surface area contributed by atoms with Gasteiger partial charge < -0.3 is 20.5 Å². The van der Waals surface area contributed by atoms with Gasteiger partial charge in [-0.3, -0.25) is 0 Å². The number of alkyl halides is 3. The molecule has 1 fully saturated rings. The Labute approximate surface area is 134 Å². The van der Waals surface area contributed by atoms with Crippen LogP contribution in [0, 0.1) is 0 Å². The van der Waals surface area contributed by atoms with Crippen LogP contribution in [0.25, 0.3) is 11.3 Å². The van der Waals surface area contributed by atoms with Crippen molar-refractivity contribution in [1.29, 1.82) is 0 Å². The smallest absolute Gasteiger partial charge is 0.434 e. The van der Waals surface area contributed by atoms with E-state index < -0.39 is 23.7 Å². The maximum absolute atomic E-state index is 13.2. The zero-order chi connectivity index (χ0) is 17.3. The molecule has 0 spiro atoms. The molecule has 1 saturated heterocycles. The molecule has 0 radical (unpaired) electrons. The van der Waals surface area contributed by atoms with Gasteiger partial charge in [0.15, 0.2) is 5.69 Å². The summed E-state index contributed by atoms with van der Waals surface area (Å²) in [6.07, 6.45) is -3.82. The van der Waals surface area contributed by atoms with E-state index >= 15 is 0 Å². The number of aromatic hydroxyl groups is 1. The van der Waals surface area contributed by atoms with Crippen LogP contribution in [-0.4, -0.2) is 51.3 Å². The SMILES string of the molecule is Nc1ncc(-c2cc(O)nc(N3CCOCC3)n2)c(C(F)(F)F)n1. The Kier molecular flexibility index (Phi) is 4.09. The van der Waals surface area contributed by atoms with Gasteiger partial charge in [0.05, 0.1) is 18.9 Å². The largest absolute Gasteiger partial charge is 0.493 e. The molecule has 11 heteroatoms. The highest BCUT2D eigenvalue weighted by molar-refractivity contribution is 5.64. The van der Waals surface area contributed by atoms with E-state index in [2.05, 4.69) is 19.9 Å². The first-order valence-electron chi connectivity index (χ1n) is 6.95. The molecule has 1 aliphatic rings. The maximum Gasteiger partial charge on any atom is 0.434 e. The highest BCUT2D eigenvalue weighted by Gasteiger charge is 2.37. The van der Waals surface area contributed by atoms with Crippen LogP contribution in [0.1, 0.15) is 5.69 Å². The number of nitrogen functional groups attached to an aromatic ring is 1. The minimum Gasteiger partial charge on any atom is -0.493 e. The van der Waals surface area contributed by atoms with Gasteiger partial charge in [-0.2, -0.15) is 18.2 Å². The fraction of sp³-hybridized carbons (Fsp3) is 0.385. The molecule has 2 aromatic rings. The number of aromatic nitrogens is 4. The Morgan fingerprint density at radius 1 is 1.17 bits per heavy atom. The molecule has 0 aliphatic carbocycles. The number of rotatable bonds is 2. The summed E-state index contributed by atoms with van der Waals surface area (Å²) in [4.78, 5) is 16.5. The molecule has 0 bridgehead atoms. The van der Waals surface area contributed by atoms with Crippen LogP contribution in [0.15, 0.2) is 12.3 Å². The molecule has 0 atom stereocenters. The monoisotopic (exact) mass is 342 g/mol. The second-order valence-corrected chi connectivity index (χ2v) is 5.00. The Bertz CT molecular complexity index is 749. The first kappa shape index (κ1) is 16.2. The quantitative estimate of drug-likeness (QED) is 0.834.